The molecule has 0 radical (unpaired) electrons. The van der Waals surface area contributed by atoms with Gasteiger partial charge in [-0.3, -0.25) is 9.69 Å². The van der Waals surface area contributed by atoms with Crippen molar-refractivity contribution in [2.45, 2.75) is 39.2 Å². The Kier molecular flexibility index (Phi) is 6.77. The summed E-state index contributed by atoms with van der Waals surface area (Å²) in [6.45, 7) is 4.45. The molecule has 1 aliphatic carbocycles. The van der Waals surface area contributed by atoms with Crippen LogP contribution in [0, 0.1) is 5.92 Å². The molecule has 0 bridgehead atoms. The van der Waals surface area contributed by atoms with Gasteiger partial charge in [-0.2, -0.15) is 0 Å². The van der Waals surface area contributed by atoms with Gasteiger partial charge in [0.15, 0.2) is 0 Å². The molecule has 2 aromatic rings. The van der Waals surface area contributed by atoms with Crippen molar-refractivity contribution in [3.05, 3.63) is 71.3 Å². The van der Waals surface area contributed by atoms with Crippen molar-refractivity contribution < 1.29 is 19.1 Å². The standard InChI is InChI=1S/C26H29N3O4/c1-3-16-29-23(18-8-6-5-7-9-18)21(25(31)33-4-2)22(28-26(29)32)17-12-14-20(15-13-17)27-24(30)19-10-11-19/h5-9,12-15,19,22H,3-4,10-11,16H2,1-2H3,(H,27,30)(H,28,32). The Morgan fingerprint density at radius 2 is 1.76 bits per heavy atom. The van der Waals surface area contributed by atoms with Gasteiger partial charge in [0.05, 0.1) is 23.9 Å². The van der Waals surface area contributed by atoms with Gasteiger partial charge in [-0.25, -0.2) is 9.59 Å². The summed E-state index contributed by atoms with van der Waals surface area (Å²) in [7, 11) is 0. The molecule has 0 spiro atoms. The fourth-order valence-electron chi connectivity index (χ4n) is 4.02. The third-order valence-electron chi connectivity index (χ3n) is 5.78. The minimum atomic E-state index is -0.673. The average molecular weight is 448 g/mol. The second-order valence-corrected chi connectivity index (χ2v) is 8.27. The van der Waals surface area contributed by atoms with Gasteiger partial charge in [-0.1, -0.05) is 49.4 Å². The summed E-state index contributed by atoms with van der Waals surface area (Å²) in [6.07, 6.45) is 2.60. The molecule has 4 rings (SSSR count). The van der Waals surface area contributed by atoms with Gasteiger partial charge < -0.3 is 15.4 Å². The predicted molar refractivity (Wildman–Crippen MR) is 126 cm³/mol. The number of hydrogen-bond acceptors (Lipinski definition) is 4. The molecule has 2 N–H and O–H groups in total. The maximum Gasteiger partial charge on any atom is 0.338 e. The Labute approximate surface area is 193 Å². The highest BCUT2D eigenvalue weighted by Crippen LogP contribution is 2.37. The molecule has 172 valence electrons. The van der Waals surface area contributed by atoms with E-state index in [9.17, 15) is 14.4 Å². The fourth-order valence-corrected chi connectivity index (χ4v) is 4.02. The third kappa shape index (κ3) is 4.92. The van der Waals surface area contributed by atoms with Crippen LogP contribution in [0.2, 0.25) is 0 Å². The zero-order chi connectivity index (χ0) is 23.4. The SMILES string of the molecule is CCCN1C(=O)NC(c2ccc(NC(=O)C3CC3)cc2)C(C(=O)OCC)=C1c1ccccc1. The van der Waals surface area contributed by atoms with Crippen LogP contribution >= 0.6 is 0 Å². The van der Waals surface area contributed by atoms with Crippen LogP contribution in [0.25, 0.3) is 5.70 Å². The van der Waals surface area contributed by atoms with Gasteiger partial charge in [0.2, 0.25) is 5.91 Å². The lowest BCUT2D eigenvalue weighted by Gasteiger charge is -2.36. The van der Waals surface area contributed by atoms with Crippen molar-refractivity contribution in [1.29, 1.82) is 0 Å². The van der Waals surface area contributed by atoms with E-state index >= 15 is 0 Å². The van der Waals surface area contributed by atoms with E-state index in [-0.39, 0.29) is 24.5 Å². The number of nitrogens with one attached hydrogen (secondary N) is 2. The van der Waals surface area contributed by atoms with Crippen LogP contribution < -0.4 is 10.6 Å². The summed E-state index contributed by atoms with van der Waals surface area (Å²) < 4.78 is 5.42. The fraction of sp³-hybridized carbons (Fsp3) is 0.346. The molecule has 7 nitrogen and oxygen atoms in total. The third-order valence-corrected chi connectivity index (χ3v) is 5.78. The van der Waals surface area contributed by atoms with E-state index in [2.05, 4.69) is 10.6 Å². The van der Waals surface area contributed by atoms with Gasteiger partial charge in [0.1, 0.15) is 0 Å². The van der Waals surface area contributed by atoms with Crippen LogP contribution in [0.1, 0.15) is 50.3 Å². The summed E-state index contributed by atoms with van der Waals surface area (Å²) in [6, 6.07) is 15.8. The molecule has 2 aliphatic rings. The van der Waals surface area contributed by atoms with Crippen molar-refractivity contribution in [1.82, 2.24) is 10.2 Å². The van der Waals surface area contributed by atoms with Crippen LogP contribution in [-0.4, -0.2) is 36.0 Å². The monoisotopic (exact) mass is 447 g/mol. The van der Waals surface area contributed by atoms with E-state index in [1.165, 1.54) is 0 Å². The molecule has 1 heterocycles. The lowest BCUT2D eigenvalue weighted by atomic mass is 9.91. The maximum absolute atomic E-state index is 13.2. The molecule has 1 atom stereocenters. The van der Waals surface area contributed by atoms with Gasteiger partial charge in [0.25, 0.3) is 0 Å². The minimum Gasteiger partial charge on any atom is -0.463 e. The summed E-state index contributed by atoms with van der Waals surface area (Å²) in [5.41, 5.74) is 3.17. The van der Waals surface area contributed by atoms with Crippen molar-refractivity contribution in [3.63, 3.8) is 0 Å². The number of carbonyl (C=O) groups is 3. The largest absolute Gasteiger partial charge is 0.463 e. The number of hydrogen-bond donors (Lipinski definition) is 2. The molecule has 33 heavy (non-hydrogen) atoms. The van der Waals surface area contributed by atoms with E-state index in [0.717, 1.165) is 30.4 Å². The number of benzene rings is 2. The molecule has 3 amide bonds. The van der Waals surface area contributed by atoms with Gasteiger partial charge >= 0.3 is 12.0 Å². The average Bonchev–Trinajstić information content (AvgIpc) is 3.67. The highest BCUT2D eigenvalue weighted by Gasteiger charge is 2.38. The number of anilines is 1. The summed E-state index contributed by atoms with van der Waals surface area (Å²) in [5, 5.41) is 5.90. The molecule has 2 aromatic carbocycles. The van der Waals surface area contributed by atoms with E-state index in [1.54, 1.807) is 24.0 Å². The predicted octanol–water partition coefficient (Wildman–Crippen LogP) is 4.49. The highest BCUT2D eigenvalue weighted by atomic mass is 16.5. The van der Waals surface area contributed by atoms with E-state index in [4.69, 9.17) is 4.74 Å². The molecule has 0 saturated heterocycles. The van der Waals surface area contributed by atoms with Crippen molar-refractivity contribution in [2.24, 2.45) is 5.92 Å². The molecule has 0 aromatic heterocycles. The Morgan fingerprint density at radius 1 is 1.06 bits per heavy atom. The summed E-state index contributed by atoms with van der Waals surface area (Å²) >= 11 is 0. The second kappa shape index (κ2) is 9.90. The topological polar surface area (TPSA) is 87.7 Å². The Morgan fingerprint density at radius 3 is 2.36 bits per heavy atom. The van der Waals surface area contributed by atoms with E-state index in [1.807, 2.05) is 49.4 Å². The number of amides is 3. The number of esters is 1. The molecule has 1 fully saturated rings. The quantitative estimate of drug-likeness (QED) is 0.584. The van der Waals surface area contributed by atoms with Crippen LogP contribution in [-0.2, 0) is 14.3 Å². The van der Waals surface area contributed by atoms with Crippen molar-refractivity contribution in [3.8, 4) is 0 Å². The molecule has 1 aliphatic heterocycles. The lowest BCUT2D eigenvalue weighted by Crippen LogP contribution is -2.48. The van der Waals surface area contributed by atoms with E-state index < -0.39 is 12.0 Å². The normalized spacial score (nSPS) is 18.1. The minimum absolute atomic E-state index is 0.0300. The Bertz CT molecular complexity index is 1060. The number of nitrogens with zero attached hydrogens (tertiary/aromatic N) is 1. The Hall–Kier alpha value is -3.61. The molecule has 7 heteroatoms. The number of ether oxygens (including phenoxy) is 1. The van der Waals surface area contributed by atoms with Gasteiger partial charge in [-0.15, -0.1) is 0 Å². The molecule has 1 unspecified atom stereocenters. The van der Waals surface area contributed by atoms with Crippen LogP contribution in [0.4, 0.5) is 10.5 Å². The van der Waals surface area contributed by atoms with Crippen LogP contribution in [0.5, 0.6) is 0 Å². The Balaban J connectivity index is 1.77. The smallest absolute Gasteiger partial charge is 0.338 e. The first kappa shape index (κ1) is 22.6. The first-order valence-electron chi connectivity index (χ1n) is 11.5. The first-order valence-corrected chi connectivity index (χ1v) is 11.5. The van der Waals surface area contributed by atoms with Crippen molar-refractivity contribution in [2.75, 3.05) is 18.5 Å². The highest BCUT2D eigenvalue weighted by molar-refractivity contribution is 6.04. The second-order valence-electron chi connectivity index (χ2n) is 8.27. The first-order chi connectivity index (χ1) is 16.0. The van der Waals surface area contributed by atoms with E-state index in [0.29, 0.717) is 23.5 Å². The number of carbonyl (C=O) groups excluding carboxylic acids is 3. The van der Waals surface area contributed by atoms with Gasteiger partial charge in [-0.05, 0) is 49.4 Å². The maximum atomic E-state index is 13.2. The van der Waals surface area contributed by atoms with Crippen LogP contribution in [0.15, 0.2) is 60.2 Å². The van der Waals surface area contributed by atoms with Crippen molar-refractivity contribution >= 4 is 29.3 Å². The molecule has 1 saturated carbocycles. The molecular weight excluding hydrogens is 418 g/mol. The molecular formula is C26H29N3O4. The number of urea groups is 1. The van der Waals surface area contributed by atoms with Gasteiger partial charge in [0, 0.05) is 18.2 Å². The summed E-state index contributed by atoms with van der Waals surface area (Å²) in [5.74, 6) is -0.324. The van der Waals surface area contributed by atoms with Crippen LogP contribution in [0.3, 0.4) is 0 Å². The lowest BCUT2D eigenvalue weighted by molar-refractivity contribution is -0.139. The summed E-state index contributed by atoms with van der Waals surface area (Å²) in [4.78, 5) is 40.0. The number of rotatable bonds is 8. The zero-order valence-electron chi connectivity index (χ0n) is 19.0. The zero-order valence-corrected chi connectivity index (χ0v) is 19.0.